The fraction of sp³-hybridized carbons (Fsp3) is 0.533. The Bertz CT molecular complexity index is 732. The van der Waals surface area contributed by atoms with Crippen LogP contribution in [0.5, 0.6) is 0 Å². The highest BCUT2D eigenvalue weighted by Crippen LogP contribution is 1.99. The van der Waals surface area contributed by atoms with Crippen LogP contribution in [0.4, 0.5) is 10.6 Å². The molecule has 156 valence electrons. The molecule has 0 saturated carbocycles. The van der Waals surface area contributed by atoms with Gasteiger partial charge in [0.25, 0.3) is 0 Å². The van der Waals surface area contributed by atoms with E-state index in [-0.39, 0.29) is 51.1 Å². The van der Waals surface area contributed by atoms with Gasteiger partial charge in [-0.05, 0) is 18.9 Å². The summed E-state index contributed by atoms with van der Waals surface area (Å²) in [7, 11) is 0. The average Bonchev–Trinajstić information content (AvgIpc) is 2.61. The summed E-state index contributed by atoms with van der Waals surface area (Å²) >= 11 is 0. The highest BCUT2D eigenvalue weighted by molar-refractivity contribution is 5.79. The highest BCUT2D eigenvalue weighted by atomic mass is 16.6. The molecule has 1 rings (SSSR count). The molecule has 13 heteroatoms. The summed E-state index contributed by atoms with van der Waals surface area (Å²) in [4.78, 5) is 41.6. The maximum Gasteiger partial charge on any atom is 0.407 e. The Balaban J connectivity index is 2.21. The Kier molecular flexibility index (Phi) is 9.82. The van der Waals surface area contributed by atoms with E-state index >= 15 is 0 Å². The first-order chi connectivity index (χ1) is 13.3. The zero-order valence-electron chi connectivity index (χ0n) is 15.2. The maximum absolute atomic E-state index is 11.6. The number of ether oxygens (including phenoxy) is 2. The third-order valence-corrected chi connectivity index (χ3v) is 3.37. The lowest BCUT2D eigenvalue weighted by Gasteiger charge is -2.14. The Morgan fingerprint density at radius 1 is 1.32 bits per heavy atom. The topological polar surface area (TPSA) is 210 Å². The monoisotopic (exact) mass is 399 g/mol. The number of aliphatic imine (C=N–C) groups is 1. The summed E-state index contributed by atoms with van der Waals surface area (Å²) in [5.41, 5.74) is 15.2. The van der Waals surface area contributed by atoms with E-state index in [0.717, 1.165) is 0 Å². The number of nitrogens with one attached hydrogen (secondary N) is 1. The number of amides is 1. The van der Waals surface area contributed by atoms with Crippen molar-refractivity contribution < 1.29 is 24.2 Å². The smallest absolute Gasteiger partial charge is 0.407 e. The number of carbonyl (C=O) groups excluding carboxylic acids is 1. The molecule has 1 aromatic rings. The summed E-state index contributed by atoms with van der Waals surface area (Å²) in [6, 6.07) is 0.373. The largest absolute Gasteiger partial charge is 0.480 e. The molecule has 0 fully saturated rings. The molecule has 1 aromatic heterocycles. The number of nitrogen functional groups attached to an aromatic ring is 1. The summed E-state index contributed by atoms with van der Waals surface area (Å²) < 4.78 is 11.4. The van der Waals surface area contributed by atoms with Crippen LogP contribution < -0.4 is 28.2 Å². The molecule has 0 unspecified atom stereocenters. The number of carboxylic acid groups (broad SMARTS) is 1. The molecule has 0 aliphatic heterocycles. The minimum atomic E-state index is -1.19. The minimum absolute atomic E-state index is 0.0762. The van der Waals surface area contributed by atoms with Gasteiger partial charge in [-0.3, -0.25) is 9.56 Å². The van der Waals surface area contributed by atoms with Gasteiger partial charge in [0.05, 0.1) is 19.8 Å². The maximum atomic E-state index is 11.6. The molecule has 1 heterocycles. The summed E-state index contributed by atoms with van der Waals surface area (Å²) in [5, 5.41) is 11.3. The molecule has 0 bridgehead atoms. The van der Waals surface area contributed by atoms with E-state index in [2.05, 4.69) is 15.3 Å². The van der Waals surface area contributed by atoms with E-state index in [1.807, 2.05) is 0 Å². The molecule has 28 heavy (non-hydrogen) atoms. The van der Waals surface area contributed by atoms with Gasteiger partial charge in [-0.25, -0.2) is 14.4 Å². The lowest BCUT2D eigenvalue weighted by molar-refractivity contribution is -0.139. The first-order valence-corrected chi connectivity index (χ1v) is 8.41. The number of carboxylic acids is 1. The number of guanidine groups is 1. The number of anilines is 1. The number of aromatic nitrogens is 2. The van der Waals surface area contributed by atoms with Crippen molar-refractivity contribution in [1.82, 2.24) is 14.9 Å². The third-order valence-electron chi connectivity index (χ3n) is 3.37. The SMILES string of the molecule is NC(N)=NCCC[C@H](NC(=O)OCCOCCn1ccc(N)nc1=O)C(=O)O. The number of hydrogen-bond donors (Lipinski definition) is 5. The Morgan fingerprint density at radius 3 is 2.71 bits per heavy atom. The van der Waals surface area contributed by atoms with E-state index in [4.69, 9.17) is 31.8 Å². The van der Waals surface area contributed by atoms with Crippen molar-refractivity contribution in [2.75, 3.05) is 32.1 Å². The molecule has 0 radical (unpaired) electrons. The lowest BCUT2D eigenvalue weighted by Crippen LogP contribution is -2.41. The van der Waals surface area contributed by atoms with Gasteiger partial charge < -0.3 is 37.1 Å². The molecule has 1 atom stereocenters. The van der Waals surface area contributed by atoms with Crippen LogP contribution in [0, 0.1) is 0 Å². The van der Waals surface area contributed by atoms with Crippen LogP contribution in [-0.4, -0.2) is 65.1 Å². The molecule has 0 spiro atoms. The van der Waals surface area contributed by atoms with Gasteiger partial charge in [-0.15, -0.1) is 0 Å². The number of carbonyl (C=O) groups is 2. The van der Waals surface area contributed by atoms with Crippen molar-refractivity contribution in [3.8, 4) is 0 Å². The normalized spacial score (nSPS) is 11.4. The summed E-state index contributed by atoms with van der Waals surface area (Å²) in [6.07, 6.45) is 1.13. The Labute approximate surface area is 160 Å². The van der Waals surface area contributed by atoms with Crippen molar-refractivity contribution in [1.29, 1.82) is 0 Å². The van der Waals surface area contributed by atoms with Crippen LogP contribution in [0.1, 0.15) is 12.8 Å². The van der Waals surface area contributed by atoms with Crippen LogP contribution in [0.3, 0.4) is 0 Å². The van der Waals surface area contributed by atoms with Crippen LogP contribution in [0.25, 0.3) is 0 Å². The molecule has 0 aliphatic carbocycles. The second-order valence-corrected chi connectivity index (χ2v) is 5.56. The Morgan fingerprint density at radius 2 is 2.07 bits per heavy atom. The second kappa shape index (κ2) is 12.1. The number of aliphatic carboxylic acids is 1. The van der Waals surface area contributed by atoms with Gasteiger partial charge in [0.2, 0.25) is 0 Å². The molecule has 0 aromatic carbocycles. The van der Waals surface area contributed by atoms with Crippen molar-refractivity contribution in [2.24, 2.45) is 16.5 Å². The van der Waals surface area contributed by atoms with E-state index < -0.39 is 23.8 Å². The molecule has 1 amide bonds. The van der Waals surface area contributed by atoms with Gasteiger partial charge in [-0.1, -0.05) is 0 Å². The fourth-order valence-corrected chi connectivity index (χ4v) is 2.02. The van der Waals surface area contributed by atoms with Gasteiger partial charge in [0, 0.05) is 12.7 Å². The van der Waals surface area contributed by atoms with Crippen LogP contribution in [0.15, 0.2) is 22.1 Å². The van der Waals surface area contributed by atoms with E-state index in [0.29, 0.717) is 6.42 Å². The molecule has 13 nitrogen and oxygen atoms in total. The predicted octanol–water partition coefficient (Wildman–Crippen LogP) is -1.92. The van der Waals surface area contributed by atoms with Crippen molar-refractivity contribution >= 4 is 23.8 Å². The highest BCUT2D eigenvalue weighted by Gasteiger charge is 2.20. The lowest BCUT2D eigenvalue weighted by atomic mass is 10.1. The summed E-state index contributed by atoms with van der Waals surface area (Å²) in [6.45, 7) is 0.700. The predicted molar refractivity (Wildman–Crippen MR) is 99.5 cm³/mol. The number of nitrogens with zero attached hydrogens (tertiary/aromatic N) is 3. The zero-order valence-corrected chi connectivity index (χ0v) is 15.2. The van der Waals surface area contributed by atoms with E-state index in [9.17, 15) is 14.4 Å². The van der Waals surface area contributed by atoms with Gasteiger partial charge >= 0.3 is 17.8 Å². The van der Waals surface area contributed by atoms with Gasteiger partial charge in [0.1, 0.15) is 18.5 Å². The molecular weight excluding hydrogens is 374 g/mol. The minimum Gasteiger partial charge on any atom is -0.480 e. The van der Waals surface area contributed by atoms with Crippen LogP contribution in [0.2, 0.25) is 0 Å². The number of nitrogens with two attached hydrogens (primary N) is 3. The van der Waals surface area contributed by atoms with Crippen LogP contribution >= 0.6 is 0 Å². The molecular formula is C15H25N7O6. The quantitative estimate of drug-likeness (QED) is 0.149. The van der Waals surface area contributed by atoms with E-state index in [1.165, 1.54) is 16.8 Å². The number of rotatable bonds is 12. The third kappa shape index (κ3) is 9.38. The first-order valence-electron chi connectivity index (χ1n) is 8.41. The molecule has 0 aliphatic rings. The second-order valence-electron chi connectivity index (χ2n) is 5.56. The Hall–Kier alpha value is -3.35. The fourth-order valence-electron chi connectivity index (χ4n) is 2.02. The first kappa shape index (κ1) is 22.7. The van der Waals surface area contributed by atoms with Gasteiger partial charge in [0.15, 0.2) is 5.96 Å². The van der Waals surface area contributed by atoms with E-state index in [1.54, 1.807) is 0 Å². The molecule has 8 N–H and O–H groups in total. The van der Waals surface area contributed by atoms with Crippen molar-refractivity contribution in [3.05, 3.63) is 22.7 Å². The zero-order chi connectivity index (χ0) is 20.9. The van der Waals surface area contributed by atoms with Crippen molar-refractivity contribution in [2.45, 2.75) is 25.4 Å². The van der Waals surface area contributed by atoms with Gasteiger partial charge in [-0.2, -0.15) is 4.98 Å². The van der Waals surface area contributed by atoms with Crippen molar-refractivity contribution in [3.63, 3.8) is 0 Å². The molecule has 0 saturated heterocycles. The van der Waals surface area contributed by atoms with Crippen LogP contribution in [-0.2, 0) is 20.8 Å². The standard InChI is InChI=1S/C15H25N7O6/c16-11-3-5-22(14(25)21-11)6-7-27-8-9-28-15(26)20-10(12(23)24)2-1-4-19-13(17)18/h3,5,10H,1-2,4,6-9H2,(H,20,26)(H,23,24)(H2,16,21,25)(H4,17,18,19)/t10-/m0/s1. The number of alkyl carbamates (subject to hydrolysis) is 1. The average molecular weight is 399 g/mol. The summed E-state index contributed by atoms with van der Waals surface area (Å²) in [5.74, 6) is -1.14. The number of hydrogen-bond acceptors (Lipinski definition) is 8.